The first-order valence-electron chi connectivity index (χ1n) is 7.29. The van der Waals surface area contributed by atoms with Crippen LogP contribution in [0.1, 0.15) is 18.9 Å². The van der Waals surface area contributed by atoms with Gasteiger partial charge in [0.25, 0.3) is 0 Å². The number of carbonyl (C=O) groups is 1. The number of thioether (sulfide) groups is 1. The van der Waals surface area contributed by atoms with Crippen LogP contribution < -0.4 is 0 Å². The van der Waals surface area contributed by atoms with Crippen molar-refractivity contribution in [2.75, 3.05) is 45.1 Å². The maximum Gasteiger partial charge on any atom is 0.233 e. The quantitative estimate of drug-likeness (QED) is 0.691. The molecule has 0 radical (unpaired) electrons. The van der Waals surface area contributed by atoms with Crippen LogP contribution in [0.5, 0.6) is 0 Å². The molecule has 1 saturated heterocycles. The topological polar surface area (TPSA) is 87.4 Å². The number of aromatic nitrogens is 4. The Hall–Kier alpha value is -1.19. The molecule has 2 aliphatic rings. The Morgan fingerprint density at radius 2 is 2.05 bits per heavy atom. The maximum atomic E-state index is 12.2. The Balaban J connectivity index is 1.45. The average Bonchev–Trinajstić information content (AvgIpc) is 3.24. The summed E-state index contributed by atoms with van der Waals surface area (Å²) in [6.07, 6.45) is 2.25. The van der Waals surface area contributed by atoms with Crippen molar-refractivity contribution < 1.29 is 9.90 Å². The summed E-state index contributed by atoms with van der Waals surface area (Å²) in [5.41, 5.74) is 0. The molecule has 0 bridgehead atoms. The number of β-amino-alcohol motifs (C(OH)–C–C–N with tert-alkyl or cyclic N) is 1. The first-order valence-corrected chi connectivity index (χ1v) is 8.28. The smallest absolute Gasteiger partial charge is 0.233 e. The van der Waals surface area contributed by atoms with Crippen molar-refractivity contribution in [2.45, 2.75) is 24.0 Å². The third-order valence-corrected chi connectivity index (χ3v) is 4.74. The van der Waals surface area contributed by atoms with Gasteiger partial charge >= 0.3 is 0 Å². The minimum atomic E-state index is 0.133. The number of aliphatic hydroxyl groups is 1. The molecule has 1 amide bonds. The molecular formula is C12H20N6O2S. The summed E-state index contributed by atoms with van der Waals surface area (Å²) in [5.74, 6) is 0.515. The lowest BCUT2D eigenvalue weighted by Gasteiger charge is -2.34. The summed E-state index contributed by atoms with van der Waals surface area (Å²) < 4.78 is 1.83. The van der Waals surface area contributed by atoms with E-state index in [4.69, 9.17) is 5.11 Å². The van der Waals surface area contributed by atoms with Gasteiger partial charge in [0.15, 0.2) is 0 Å². The largest absolute Gasteiger partial charge is 0.395 e. The maximum absolute atomic E-state index is 12.2. The number of amides is 1. The SMILES string of the molecule is O=C(CSc1nnnn1C1CC1)N1CCN(CCO)CC1. The Morgan fingerprint density at radius 3 is 2.71 bits per heavy atom. The van der Waals surface area contributed by atoms with Crippen LogP contribution >= 0.6 is 11.8 Å². The van der Waals surface area contributed by atoms with Crippen molar-refractivity contribution in [2.24, 2.45) is 0 Å². The van der Waals surface area contributed by atoms with Gasteiger partial charge in [-0.25, -0.2) is 4.68 Å². The lowest BCUT2D eigenvalue weighted by molar-refractivity contribution is -0.130. The van der Waals surface area contributed by atoms with E-state index >= 15 is 0 Å². The predicted molar refractivity (Wildman–Crippen MR) is 76.9 cm³/mol. The Bertz CT molecular complexity index is 484. The van der Waals surface area contributed by atoms with Gasteiger partial charge in [-0.15, -0.1) is 5.10 Å². The van der Waals surface area contributed by atoms with Crippen molar-refractivity contribution in [1.29, 1.82) is 0 Å². The van der Waals surface area contributed by atoms with E-state index in [1.807, 2.05) is 9.58 Å². The zero-order chi connectivity index (χ0) is 14.7. The van der Waals surface area contributed by atoms with Crippen LogP contribution in [0.3, 0.4) is 0 Å². The van der Waals surface area contributed by atoms with Crippen LogP contribution in [0.25, 0.3) is 0 Å². The second kappa shape index (κ2) is 6.71. The lowest BCUT2D eigenvalue weighted by Crippen LogP contribution is -2.49. The molecule has 0 spiro atoms. The van der Waals surface area contributed by atoms with Crippen LogP contribution in [0.4, 0.5) is 0 Å². The van der Waals surface area contributed by atoms with Gasteiger partial charge in [0, 0.05) is 32.7 Å². The van der Waals surface area contributed by atoms with E-state index in [0.29, 0.717) is 18.3 Å². The van der Waals surface area contributed by atoms with Crippen molar-refractivity contribution in [3.63, 3.8) is 0 Å². The standard InChI is InChI=1S/C12H20N6O2S/c19-8-7-16-3-5-17(6-4-16)11(20)9-21-12-13-14-15-18(12)10-1-2-10/h10,19H,1-9H2. The molecule has 1 saturated carbocycles. The van der Waals surface area contributed by atoms with Crippen LogP contribution in [-0.4, -0.2) is 86.1 Å². The predicted octanol–water partition coefficient (Wildman–Crippen LogP) is -0.763. The molecule has 1 N–H and O–H groups in total. The van der Waals surface area contributed by atoms with E-state index in [2.05, 4.69) is 20.4 Å². The minimum Gasteiger partial charge on any atom is -0.395 e. The molecule has 0 atom stereocenters. The van der Waals surface area contributed by atoms with Gasteiger partial charge in [-0.3, -0.25) is 9.69 Å². The van der Waals surface area contributed by atoms with Gasteiger partial charge < -0.3 is 10.0 Å². The highest BCUT2D eigenvalue weighted by Gasteiger charge is 2.28. The van der Waals surface area contributed by atoms with Gasteiger partial charge in [0.2, 0.25) is 11.1 Å². The summed E-state index contributed by atoms with van der Waals surface area (Å²) in [7, 11) is 0. The van der Waals surface area contributed by atoms with Gasteiger partial charge in [0.1, 0.15) is 0 Å². The van der Waals surface area contributed by atoms with E-state index in [1.165, 1.54) is 11.8 Å². The molecule has 2 heterocycles. The van der Waals surface area contributed by atoms with Gasteiger partial charge in [0.05, 0.1) is 18.4 Å². The Morgan fingerprint density at radius 1 is 1.29 bits per heavy atom. The molecule has 0 unspecified atom stereocenters. The summed E-state index contributed by atoms with van der Waals surface area (Å²) in [5, 5.41) is 21.3. The highest BCUT2D eigenvalue weighted by Crippen LogP contribution is 2.36. The van der Waals surface area contributed by atoms with Crippen LogP contribution in [0.15, 0.2) is 5.16 Å². The average molecular weight is 312 g/mol. The van der Waals surface area contributed by atoms with Crippen molar-refractivity contribution in [3.8, 4) is 0 Å². The summed E-state index contributed by atoms with van der Waals surface area (Å²) in [6.45, 7) is 3.98. The van der Waals surface area contributed by atoms with Crippen molar-refractivity contribution in [1.82, 2.24) is 30.0 Å². The molecule has 1 aliphatic heterocycles. The number of rotatable bonds is 6. The van der Waals surface area contributed by atoms with Crippen molar-refractivity contribution in [3.05, 3.63) is 0 Å². The van der Waals surface area contributed by atoms with E-state index in [9.17, 15) is 4.79 Å². The monoisotopic (exact) mass is 312 g/mol. The molecule has 3 rings (SSSR count). The normalized spacial score (nSPS) is 20.0. The van der Waals surface area contributed by atoms with Gasteiger partial charge in [-0.1, -0.05) is 11.8 Å². The van der Waals surface area contributed by atoms with Crippen LogP contribution in [0, 0.1) is 0 Å². The first-order chi connectivity index (χ1) is 10.3. The summed E-state index contributed by atoms with van der Waals surface area (Å²) >= 11 is 1.42. The highest BCUT2D eigenvalue weighted by molar-refractivity contribution is 7.99. The minimum absolute atomic E-state index is 0.133. The third-order valence-electron chi connectivity index (χ3n) is 3.82. The molecule has 1 aromatic heterocycles. The van der Waals surface area contributed by atoms with Crippen LogP contribution in [0.2, 0.25) is 0 Å². The van der Waals surface area contributed by atoms with Gasteiger partial charge in [-0.2, -0.15) is 0 Å². The third kappa shape index (κ3) is 3.72. The van der Waals surface area contributed by atoms with E-state index in [-0.39, 0.29) is 12.5 Å². The van der Waals surface area contributed by atoms with E-state index in [1.54, 1.807) is 0 Å². The number of hydrogen-bond donors (Lipinski definition) is 1. The Labute approximate surface area is 127 Å². The zero-order valence-electron chi connectivity index (χ0n) is 11.9. The molecule has 116 valence electrons. The van der Waals surface area contributed by atoms with Gasteiger partial charge in [-0.05, 0) is 23.3 Å². The van der Waals surface area contributed by atoms with Crippen molar-refractivity contribution >= 4 is 17.7 Å². The molecule has 0 aromatic carbocycles. The highest BCUT2D eigenvalue weighted by atomic mass is 32.2. The number of carbonyl (C=O) groups excluding carboxylic acids is 1. The Kier molecular flexibility index (Phi) is 4.71. The summed E-state index contributed by atoms with van der Waals surface area (Å²) in [6, 6.07) is 0.430. The van der Waals surface area contributed by atoms with E-state index < -0.39 is 0 Å². The van der Waals surface area contributed by atoms with Crippen LogP contribution in [-0.2, 0) is 4.79 Å². The molecule has 2 fully saturated rings. The fourth-order valence-corrected chi connectivity index (χ4v) is 3.26. The number of nitrogens with zero attached hydrogens (tertiary/aromatic N) is 6. The molecule has 1 aromatic rings. The molecule has 21 heavy (non-hydrogen) atoms. The second-order valence-electron chi connectivity index (χ2n) is 5.37. The fourth-order valence-electron chi connectivity index (χ4n) is 2.41. The second-order valence-corrected chi connectivity index (χ2v) is 6.31. The number of aliphatic hydroxyl groups excluding tert-OH is 1. The molecule has 8 nitrogen and oxygen atoms in total. The summed E-state index contributed by atoms with van der Waals surface area (Å²) in [4.78, 5) is 16.3. The fraction of sp³-hybridized carbons (Fsp3) is 0.833. The molecule has 9 heteroatoms. The lowest BCUT2D eigenvalue weighted by atomic mass is 10.3. The first kappa shape index (κ1) is 14.7. The number of tetrazole rings is 1. The van der Waals surface area contributed by atoms with E-state index in [0.717, 1.165) is 44.2 Å². The molecule has 1 aliphatic carbocycles. The number of piperazine rings is 1. The molecular weight excluding hydrogens is 292 g/mol. The zero-order valence-corrected chi connectivity index (χ0v) is 12.7. The number of hydrogen-bond acceptors (Lipinski definition) is 7.